The predicted molar refractivity (Wildman–Crippen MR) is 79.9 cm³/mol. The topological polar surface area (TPSA) is 87.9 Å². The minimum absolute atomic E-state index is 0.150. The molecule has 0 bridgehead atoms. The average Bonchev–Trinajstić information content (AvgIpc) is 2.89. The molecule has 1 saturated heterocycles. The van der Waals surface area contributed by atoms with E-state index in [9.17, 15) is 13.2 Å². The lowest BCUT2D eigenvalue weighted by atomic mass is 10.2. The number of fused-ring (bicyclic) bond motifs is 1. The highest BCUT2D eigenvalue weighted by Crippen LogP contribution is 2.17. The van der Waals surface area contributed by atoms with Crippen LogP contribution in [0.15, 0.2) is 24.8 Å². The van der Waals surface area contributed by atoms with Crippen LogP contribution in [0, 0.1) is 0 Å². The molecule has 9 heteroatoms. The molecule has 1 aliphatic heterocycles. The summed E-state index contributed by atoms with van der Waals surface area (Å²) in [5.74, 6) is -0.150. The van der Waals surface area contributed by atoms with Crippen molar-refractivity contribution in [3.63, 3.8) is 0 Å². The smallest absolute Gasteiger partial charge is 0.257 e. The Morgan fingerprint density at radius 2 is 2.09 bits per heavy atom. The van der Waals surface area contributed by atoms with Gasteiger partial charge in [0.05, 0.1) is 29.7 Å². The number of carbonyl (C=O) groups excluding carboxylic acids is 1. The van der Waals surface area contributed by atoms with Crippen molar-refractivity contribution in [3.05, 3.63) is 30.4 Å². The Hall–Kier alpha value is -2.00. The van der Waals surface area contributed by atoms with Gasteiger partial charge in [-0.05, 0) is 6.92 Å². The largest absolute Gasteiger partial charge is 0.336 e. The third kappa shape index (κ3) is 2.57. The lowest BCUT2D eigenvalue weighted by Crippen LogP contribution is -2.55. The van der Waals surface area contributed by atoms with E-state index < -0.39 is 10.0 Å². The molecule has 3 heterocycles. The fourth-order valence-electron chi connectivity index (χ4n) is 2.79. The van der Waals surface area contributed by atoms with Crippen molar-refractivity contribution < 1.29 is 13.2 Å². The van der Waals surface area contributed by atoms with E-state index in [1.807, 2.05) is 0 Å². The number of hydrogen-bond donors (Lipinski definition) is 0. The van der Waals surface area contributed by atoms with Crippen LogP contribution in [0.25, 0.3) is 5.52 Å². The number of aromatic nitrogens is 3. The van der Waals surface area contributed by atoms with Gasteiger partial charge in [0.25, 0.3) is 5.91 Å². The SMILES string of the molecule is C[C@H]1CN(C(=O)c2cnn3ccncc23)CCN1S(C)(=O)=O. The Bertz CT molecular complexity index is 816. The van der Waals surface area contributed by atoms with Gasteiger partial charge in [0, 0.05) is 38.1 Å². The molecular formula is C13H17N5O3S. The van der Waals surface area contributed by atoms with Gasteiger partial charge >= 0.3 is 0 Å². The zero-order valence-corrected chi connectivity index (χ0v) is 13.2. The Morgan fingerprint density at radius 1 is 1.32 bits per heavy atom. The molecule has 118 valence electrons. The number of rotatable bonds is 2. The molecule has 0 spiro atoms. The first-order valence-electron chi connectivity index (χ1n) is 6.91. The summed E-state index contributed by atoms with van der Waals surface area (Å²) < 4.78 is 26.4. The van der Waals surface area contributed by atoms with Crippen molar-refractivity contribution in [2.45, 2.75) is 13.0 Å². The summed E-state index contributed by atoms with van der Waals surface area (Å²) in [7, 11) is -3.24. The van der Waals surface area contributed by atoms with Gasteiger partial charge < -0.3 is 4.90 Å². The molecule has 1 amide bonds. The minimum Gasteiger partial charge on any atom is -0.336 e. The van der Waals surface area contributed by atoms with Gasteiger partial charge in [-0.3, -0.25) is 9.78 Å². The van der Waals surface area contributed by atoms with E-state index in [2.05, 4.69) is 10.1 Å². The van der Waals surface area contributed by atoms with Crippen molar-refractivity contribution in [2.75, 3.05) is 25.9 Å². The van der Waals surface area contributed by atoms with E-state index in [0.29, 0.717) is 30.7 Å². The quantitative estimate of drug-likeness (QED) is 0.766. The summed E-state index contributed by atoms with van der Waals surface area (Å²) in [4.78, 5) is 18.3. The highest BCUT2D eigenvalue weighted by atomic mass is 32.2. The van der Waals surface area contributed by atoms with Crippen molar-refractivity contribution >= 4 is 21.4 Å². The second kappa shape index (κ2) is 5.33. The normalized spacial score (nSPS) is 20.5. The Kier molecular flexibility index (Phi) is 3.61. The molecule has 1 aliphatic rings. The Labute approximate surface area is 128 Å². The van der Waals surface area contributed by atoms with E-state index in [0.717, 1.165) is 0 Å². The standard InChI is InChI=1S/C13H17N5O3S/c1-10-9-16(5-6-18(10)22(2,20)21)13(19)11-7-15-17-4-3-14-8-12(11)17/h3-4,7-8,10H,5-6,9H2,1-2H3/t10-/m0/s1. The molecule has 0 N–H and O–H groups in total. The summed E-state index contributed by atoms with van der Waals surface area (Å²) >= 11 is 0. The molecule has 3 rings (SSSR count). The maximum absolute atomic E-state index is 12.7. The van der Waals surface area contributed by atoms with E-state index >= 15 is 0 Å². The molecular weight excluding hydrogens is 306 g/mol. The number of hydrogen-bond acceptors (Lipinski definition) is 5. The van der Waals surface area contributed by atoms with Crippen molar-refractivity contribution in [1.29, 1.82) is 0 Å². The first kappa shape index (κ1) is 14.9. The Morgan fingerprint density at radius 3 is 2.77 bits per heavy atom. The number of sulfonamides is 1. The minimum atomic E-state index is -3.24. The lowest BCUT2D eigenvalue weighted by molar-refractivity contribution is 0.0644. The fourth-order valence-corrected chi connectivity index (χ4v) is 3.92. The van der Waals surface area contributed by atoms with Crippen molar-refractivity contribution in [3.8, 4) is 0 Å². The molecule has 0 unspecified atom stereocenters. The summed E-state index contributed by atoms with van der Waals surface area (Å²) in [6.07, 6.45) is 7.58. The number of piperazine rings is 1. The molecule has 0 aromatic carbocycles. The highest BCUT2D eigenvalue weighted by molar-refractivity contribution is 7.88. The number of amides is 1. The molecule has 0 aliphatic carbocycles. The van der Waals surface area contributed by atoms with Crippen LogP contribution in [0.4, 0.5) is 0 Å². The third-order valence-corrected chi connectivity index (χ3v) is 5.23. The van der Waals surface area contributed by atoms with Gasteiger partial charge in [-0.15, -0.1) is 0 Å². The molecule has 1 atom stereocenters. The van der Waals surface area contributed by atoms with E-state index in [-0.39, 0.29) is 11.9 Å². The molecule has 8 nitrogen and oxygen atoms in total. The maximum atomic E-state index is 12.7. The summed E-state index contributed by atoms with van der Waals surface area (Å²) in [5, 5.41) is 4.13. The van der Waals surface area contributed by atoms with Crippen LogP contribution in [0.1, 0.15) is 17.3 Å². The van der Waals surface area contributed by atoms with Crippen LogP contribution >= 0.6 is 0 Å². The average molecular weight is 323 g/mol. The second-order valence-corrected chi connectivity index (χ2v) is 7.37. The molecule has 2 aromatic rings. The van der Waals surface area contributed by atoms with Crippen molar-refractivity contribution in [1.82, 2.24) is 23.8 Å². The predicted octanol–water partition coefficient (Wildman–Crippen LogP) is -0.165. The van der Waals surface area contributed by atoms with Gasteiger partial charge in [-0.2, -0.15) is 9.40 Å². The van der Waals surface area contributed by atoms with Crippen LogP contribution in [-0.2, 0) is 10.0 Å². The van der Waals surface area contributed by atoms with Crippen LogP contribution < -0.4 is 0 Å². The lowest BCUT2D eigenvalue weighted by Gasteiger charge is -2.38. The zero-order chi connectivity index (χ0) is 15.9. The molecule has 1 fully saturated rings. The van der Waals surface area contributed by atoms with Gasteiger partial charge in [0.1, 0.15) is 0 Å². The monoisotopic (exact) mass is 323 g/mol. The molecule has 0 saturated carbocycles. The van der Waals surface area contributed by atoms with E-state index in [4.69, 9.17) is 0 Å². The first-order chi connectivity index (χ1) is 10.4. The Balaban J connectivity index is 1.83. The van der Waals surface area contributed by atoms with Gasteiger partial charge in [0.15, 0.2) is 0 Å². The van der Waals surface area contributed by atoms with Crippen LogP contribution in [0.5, 0.6) is 0 Å². The zero-order valence-electron chi connectivity index (χ0n) is 12.4. The van der Waals surface area contributed by atoms with Gasteiger partial charge in [0.2, 0.25) is 10.0 Å². The van der Waals surface area contributed by atoms with Crippen LogP contribution in [0.2, 0.25) is 0 Å². The summed E-state index contributed by atoms with van der Waals surface area (Å²) in [6, 6.07) is -0.243. The maximum Gasteiger partial charge on any atom is 0.257 e. The number of carbonyl (C=O) groups is 1. The molecule has 0 radical (unpaired) electrons. The first-order valence-corrected chi connectivity index (χ1v) is 8.76. The van der Waals surface area contributed by atoms with Crippen molar-refractivity contribution in [2.24, 2.45) is 0 Å². The third-order valence-electron chi connectivity index (χ3n) is 3.83. The van der Waals surface area contributed by atoms with E-state index in [1.165, 1.54) is 16.8 Å². The molecule has 2 aromatic heterocycles. The van der Waals surface area contributed by atoms with E-state index in [1.54, 1.807) is 34.9 Å². The summed E-state index contributed by atoms with van der Waals surface area (Å²) in [5.41, 5.74) is 1.12. The van der Waals surface area contributed by atoms with Crippen LogP contribution in [0.3, 0.4) is 0 Å². The summed E-state index contributed by atoms with van der Waals surface area (Å²) in [6.45, 7) is 2.85. The van der Waals surface area contributed by atoms with Gasteiger partial charge in [-0.25, -0.2) is 12.9 Å². The van der Waals surface area contributed by atoms with Gasteiger partial charge in [-0.1, -0.05) is 0 Å². The number of nitrogens with zero attached hydrogens (tertiary/aromatic N) is 5. The molecule has 22 heavy (non-hydrogen) atoms. The van der Waals surface area contributed by atoms with Crippen LogP contribution in [-0.4, -0.2) is 70.1 Å². The highest BCUT2D eigenvalue weighted by Gasteiger charge is 2.32. The fraction of sp³-hybridized carbons (Fsp3) is 0.462. The second-order valence-electron chi connectivity index (χ2n) is 5.44.